The Morgan fingerprint density at radius 2 is 2.29 bits per heavy atom. The third kappa shape index (κ3) is 2.91. The van der Waals surface area contributed by atoms with Crippen LogP contribution in [0.1, 0.15) is 6.42 Å². The van der Waals surface area contributed by atoms with Gasteiger partial charge in [0.1, 0.15) is 0 Å². The summed E-state index contributed by atoms with van der Waals surface area (Å²) in [5.74, 6) is 0.203. The third-order valence-electron chi connectivity index (χ3n) is 3.62. The molecule has 0 radical (unpaired) electrons. The monoisotopic (exact) mass is 298 g/mol. The summed E-state index contributed by atoms with van der Waals surface area (Å²) in [6.45, 7) is 0.994. The van der Waals surface area contributed by atoms with Crippen molar-refractivity contribution in [3.63, 3.8) is 0 Å². The molecule has 1 unspecified atom stereocenters. The molecule has 1 aromatic heterocycles. The summed E-state index contributed by atoms with van der Waals surface area (Å²) in [4.78, 5) is 16.7. The van der Waals surface area contributed by atoms with Crippen molar-refractivity contribution in [3.05, 3.63) is 51.5 Å². The summed E-state index contributed by atoms with van der Waals surface area (Å²) >= 11 is 1.66. The molecule has 0 aliphatic carbocycles. The van der Waals surface area contributed by atoms with E-state index in [1.165, 1.54) is 5.56 Å². The lowest BCUT2D eigenvalue weighted by Crippen LogP contribution is -2.24. The first-order chi connectivity index (χ1) is 10.3. The van der Waals surface area contributed by atoms with Crippen LogP contribution < -0.4 is 4.90 Å². The van der Waals surface area contributed by atoms with Crippen LogP contribution in [0.4, 0.5) is 5.69 Å². The number of carbonyl (C=O) groups is 1. The third-order valence-corrected chi connectivity index (χ3v) is 4.30. The highest BCUT2D eigenvalue weighted by molar-refractivity contribution is 7.08. The number of rotatable bonds is 4. The van der Waals surface area contributed by atoms with Gasteiger partial charge in [-0.2, -0.15) is 11.3 Å². The first-order valence-electron chi connectivity index (χ1n) is 6.72. The van der Waals surface area contributed by atoms with Gasteiger partial charge in [-0.25, -0.2) is 0 Å². The Bertz CT molecular complexity index is 691. The first kappa shape index (κ1) is 13.7. The smallest absolute Gasteiger partial charge is 0.227 e. The molecular weight excluding hydrogens is 284 g/mol. The summed E-state index contributed by atoms with van der Waals surface area (Å²) in [6, 6.07) is 10.1. The lowest BCUT2D eigenvalue weighted by Gasteiger charge is -2.17. The van der Waals surface area contributed by atoms with Crippen molar-refractivity contribution < 1.29 is 4.79 Å². The van der Waals surface area contributed by atoms with Gasteiger partial charge in [0.15, 0.2) is 0 Å². The minimum Gasteiger partial charge on any atom is -0.312 e. The number of amides is 1. The standard InChI is InChI=1S/C15H14N4OS/c16-18-17-8-11-6-15(20)19(9-11)14-3-1-2-12(7-14)13-4-5-21-10-13/h1-5,7,10-11H,6,8-9H2. The van der Waals surface area contributed by atoms with Crippen molar-refractivity contribution in [1.82, 2.24) is 0 Å². The minimum atomic E-state index is 0.0932. The number of hydrogen-bond donors (Lipinski definition) is 0. The van der Waals surface area contributed by atoms with E-state index in [-0.39, 0.29) is 11.8 Å². The van der Waals surface area contributed by atoms with Crippen LogP contribution in [-0.2, 0) is 4.79 Å². The summed E-state index contributed by atoms with van der Waals surface area (Å²) in [5, 5.41) is 7.71. The van der Waals surface area contributed by atoms with Crippen LogP contribution >= 0.6 is 11.3 Å². The van der Waals surface area contributed by atoms with Crippen LogP contribution in [0.5, 0.6) is 0 Å². The van der Waals surface area contributed by atoms with Crippen LogP contribution in [0.2, 0.25) is 0 Å². The number of thiophene rings is 1. The zero-order valence-corrected chi connectivity index (χ0v) is 12.2. The largest absolute Gasteiger partial charge is 0.312 e. The molecule has 1 atom stereocenters. The molecule has 1 fully saturated rings. The molecular formula is C15H14N4OS. The molecule has 1 amide bonds. The average Bonchev–Trinajstić information content (AvgIpc) is 3.15. The van der Waals surface area contributed by atoms with E-state index in [1.807, 2.05) is 29.6 Å². The number of nitrogens with zero attached hydrogens (tertiary/aromatic N) is 4. The first-order valence-corrected chi connectivity index (χ1v) is 7.66. The molecule has 106 valence electrons. The Morgan fingerprint density at radius 3 is 3.05 bits per heavy atom. The van der Waals surface area contributed by atoms with Gasteiger partial charge in [0.25, 0.3) is 0 Å². The van der Waals surface area contributed by atoms with Crippen LogP contribution in [-0.4, -0.2) is 19.0 Å². The Balaban J connectivity index is 1.82. The van der Waals surface area contributed by atoms with Crippen molar-refractivity contribution in [2.45, 2.75) is 6.42 Å². The van der Waals surface area contributed by atoms with E-state index in [0.717, 1.165) is 11.3 Å². The predicted octanol–water partition coefficient (Wildman–Crippen LogP) is 4.08. The zero-order valence-electron chi connectivity index (χ0n) is 11.3. The maximum absolute atomic E-state index is 12.1. The quantitative estimate of drug-likeness (QED) is 0.476. The molecule has 5 nitrogen and oxygen atoms in total. The van der Waals surface area contributed by atoms with Gasteiger partial charge in [-0.05, 0) is 51.5 Å². The van der Waals surface area contributed by atoms with E-state index >= 15 is 0 Å². The molecule has 0 saturated carbocycles. The molecule has 0 N–H and O–H groups in total. The average molecular weight is 298 g/mol. The van der Waals surface area contributed by atoms with Crippen LogP contribution in [0.15, 0.2) is 46.2 Å². The fourth-order valence-corrected chi connectivity index (χ4v) is 3.25. The van der Waals surface area contributed by atoms with Crippen LogP contribution in [0.25, 0.3) is 21.6 Å². The zero-order chi connectivity index (χ0) is 14.7. The number of carbonyl (C=O) groups excluding carboxylic acids is 1. The summed E-state index contributed by atoms with van der Waals surface area (Å²) in [6.07, 6.45) is 0.446. The van der Waals surface area contributed by atoms with Crippen molar-refractivity contribution >= 4 is 22.9 Å². The molecule has 1 aliphatic rings. The molecule has 0 bridgehead atoms. The second-order valence-electron chi connectivity index (χ2n) is 5.05. The predicted molar refractivity (Wildman–Crippen MR) is 84.2 cm³/mol. The summed E-state index contributed by atoms with van der Waals surface area (Å²) in [7, 11) is 0. The molecule has 3 rings (SSSR count). The van der Waals surface area contributed by atoms with E-state index in [2.05, 4.69) is 21.5 Å². The van der Waals surface area contributed by atoms with E-state index in [1.54, 1.807) is 16.2 Å². The van der Waals surface area contributed by atoms with Crippen LogP contribution in [0, 0.1) is 5.92 Å². The Hall–Kier alpha value is -2.30. The lowest BCUT2D eigenvalue weighted by molar-refractivity contribution is -0.117. The highest BCUT2D eigenvalue weighted by Gasteiger charge is 2.30. The van der Waals surface area contributed by atoms with Gasteiger partial charge in [0.2, 0.25) is 5.91 Å². The minimum absolute atomic E-state index is 0.0932. The van der Waals surface area contributed by atoms with Crippen molar-refractivity contribution in [3.8, 4) is 11.1 Å². The van der Waals surface area contributed by atoms with E-state index in [9.17, 15) is 4.79 Å². The summed E-state index contributed by atoms with van der Waals surface area (Å²) in [5.41, 5.74) is 11.6. The van der Waals surface area contributed by atoms with Gasteiger partial charge in [-0.3, -0.25) is 4.79 Å². The number of azide groups is 1. The van der Waals surface area contributed by atoms with Gasteiger partial charge in [-0.1, -0.05) is 17.2 Å². The van der Waals surface area contributed by atoms with Crippen LogP contribution in [0.3, 0.4) is 0 Å². The molecule has 6 heteroatoms. The van der Waals surface area contributed by atoms with Crippen molar-refractivity contribution in [1.29, 1.82) is 0 Å². The topological polar surface area (TPSA) is 69.1 Å². The lowest BCUT2D eigenvalue weighted by atomic mass is 10.1. The number of hydrogen-bond acceptors (Lipinski definition) is 3. The molecule has 1 saturated heterocycles. The van der Waals surface area contributed by atoms with Crippen molar-refractivity contribution in [2.75, 3.05) is 18.0 Å². The maximum Gasteiger partial charge on any atom is 0.227 e. The molecule has 0 spiro atoms. The number of anilines is 1. The maximum atomic E-state index is 12.1. The van der Waals surface area contributed by atoms with Gasteiger partial charge in [0.05, 0.1) is 0 Å². The fraction of sp³-hybridized carbons (Fsp3) is 0.267. The van der Waals surface area contributed by atoms with E-state index < -0.39 is 0 Å². The molecule has 1 aliphatic heterocycles. The van der Waals surface area contributed by atoms with E-state index in [4.69, 9.17) is 5.53 Å². The normalized spacial score (nSPS) is 17.8. The summed E-state index contributed by atoms with van der Waals surface area (Å²) < 4.78 is 0. The molecule has 2 aromatic rings. The SMILES string of the molecule is [N-]=[N+]=NCC1CC(=O)N(c2cccc(-c3ccsc3)c2)C1. The van der Waals surface area contributed by atoms with Crippen molar-refractivity contribution in [2.24, 2.45) is 11.0 Å². The van der Waals surface area contributed by atoms with Gasteiger partial charge < -0.3 is 4.90 Å². The van der Waals surface area contributed by atoms with Gasteiger partial charge >= 0.3 is 0 Å². The fourth-order valence-electron chi connectivity index (χ4n) is 2.59. The molecule has 1 aromatic carbocycles. The Labute approximate surface area is 126 Å². The second-order valence-corrected chi connectivity index (χ2v) is 5.83. The Morgan fingerprint density at radius 1 is 1.38 bits per heavy atom. The van der Waals surface area contributed by atoms with E-state index in [0.29, 0.717) is 19.5 Å². The molecule has 21 heavy (non-hydrogen) atoms. The molecule has 2 heterocycles. The highest BCUT2D eigenvalue weighted by atomic mass is 32.1. The van der Waals surface area contributed by atoms with Gasteiger partial charge in [0, 0.05) is 30.1 Å². The highest BCUT2D eigenvalue weighted by Crippen LogP contribution is 2.30. The number of benzene rings is 1. The second kappa shape index (κ2) is 5.99. The Kier molecular flexibility index (Phi) is 3.90. The van der Waals surface area contributed by atoms with Gasteiger partial charge in [-0.15, -0.1) is 0 Å².